The quantitative estimate of drug-likeness (QED) is 0.347. The van der Waals surface area contributed by atoms with E-state index < -0.39 is 40.4 Å². The molecular formula is C9H13N3O9S. The Morgan fingerprint density at radius 3 is 2.64 bits per heavy atom. The van der Waals surface area contributed by atoms with E-state index in [2.05, 4.69) is 14.2 Å². The van der Waals surface area contributed by atoms with Crippen molar-refractivity contribution in [1.82, 2.24) is 15.4 Å². The lowest BCUT2D eigenvalue weighted by atomic mass is 10.0. The molecule has 124 valence electrons. The first-order valence-corrected chi connectivity index (χ1v) is 7.46. The third kappa shape index (κ3) is 3.62. The van der Waals surface area contributed by atoms with Crippen molar-refractivity contribution in [2.45, 2.75) is 31.8 Å². The Morgan fingerprint density at radius 2 is 2.05 bits per heavy atom. The fraction of sp³-hybridized carbons (Fsp3) is 0.667. The van der Waals surface area contributed by atoms with E-state index in [-0.39, 0.29) is 19.4 Å². The van der Waals surface area contributed by atoms with Crippen LogP contribution in [0.15, 0.2) is 0 Å². The van der Waals surface area contributed by atoms with Gasteiger partial charge in [0.2, 0.25) is 0 Å². The van der Waals surface area contributed by atoms with E-state index in [0.717, 1.165) is 11.8 Å². The Labute approximate surface area is 124 Å². The van der Waals surface area contributed by atoms with Crippen molar-refractivity contribution in [3.63, 3.8) is 0 Å². The van der Waals surface area contributed by atoms with E-state index in [9.17, 15) is 22.8 Å². The first-order valence-electron chi connectivity index (χ1n) is 6.10. The van der Waals surface area contributed by atoms with Gasteiger partial charge in [-0.15, -0.1) is 4.28 Å². The SMILES string of the molecule is CC(=O)OONC(=O)[C@@H]1CC[C@@H]2CN1C(=O)N2OS(=O)(=O)O. The third-order valence-electron chi connectivity index (χ3n) is 3.10. The highest BCUT2D eigenvalue weighted by Gasteiger charge is 2.49. The second-order valence-electron chi connectivity index (χ2n) is 4.63. The molecule has 2 aliphatic heterocycles. The Balaban J connectivity index is 1.99. The molecule has 0 aromatic rings. The second-order valence-corrected chi connectivity index (χ2v) is 5.64. The fourth-order valence-corrected chi connectivity index (χ4v) is 2.68. The average molecular weight is 339 g/mol. The van der Waals surface area contributed by atoms with E-state index in [1.54, 1.807) is 0 Å². The van der Waals surface area contributed by atoms with Crippen LogP contribution in [0.3, 0.4) is 0 Å². The highest BCUT2D eigenvalue weighted by molar-refractivity contribution is 7.80. The molecule has 3 amide bonds. The van der Waals surface area contributed by atoms with Gasteiger partial charge in [-0.25, -0.2) is 9.59 Å². The molecule has 2 saturated heterocycles. The number of hydroxylamine groups is 3. The van der Waals surface area contributed by atoms with Crippen LogP contribution >= 0.6 is 0 Å². The van der Waals surface area contributed by atoms with Crippen LogP contribution in [0.5, 0.6) is 0 Å². The van der Waals surface area contributed by atoms with E-state index >= 15 is 0 Å². The number of hydrogen-bond acceptors (Lipinski definition) is 8. The lowest BCUT2D eigenvalue weighted by Gasteiger charge is -2.28. The fourth-order valence-electron chi connectivity index (χ4n) is 2.29. The maximum Gasteiger partial charge on any atom is 0.418 e. The molecule has 2 heterocycles. The number of rotatable bonds is 5. The highest BCUT2D eigenvalue weighted by atomic mass is 32.3. The molecule has 0 aromatic heterocycles. The van der Waals surface area contributed by atoms with Crippen LogP contribution in [-0.2, 0) is 34.1 Å². The van der Waals surface area contributed by atoms with Crippen LogP contribution < -0.4 is 5.48 Å². The molecule has 2 bridgehead atoms. The zero-order valence-corrected chi connectivity index (χ0v) is 12.1. The first-order chi connectivity index (χ1) is 10.2. The number of nitrogens with zero attached hydrogens (tertiary/aromatic N) is 2. The van der Waals surface area contributed by atoms with Gasteiger partial charge in [0.05, 0.1) is 6.04 Å². The molecule has 0 saturated carbocycles. The van der Waals surface area contributed by atoms with E-state index in [1.807, 2.05) is 5.48 Å². The van der Waals surface area contributed by atoms with Gasteiger partial charge in [0, 0.05) is 13.5 Å². The van der Waals surface area contributed by atoms with E-state index in [4.69, 9.17) is 4.55 Å². The molecule has 2 N–H and O–H groups in total. The van der Waals surface area contributed by atoms with Crippen molar-refractivity contribution in [2.24, 2.45) is 0 Å². The number of carbonyl (C=O) groups is 3. The van der Waals surface area contributed by atoms with Crippen LogP contribution in [-0.4, -0.2) is 59.5 Å². The summed E-state index contributed by atoms with van der Waals surface area (Å²) in [5.74, 6) is -1.53. The normalized spacial score (nSPS) is 24.4. The van der Waals surface area contributed by atoms with Crippen molar-refractivity contribution in [2.75, 3.05) is 6.54 Å². The summed E-state index contributed by atoms with van der Waals surface area (Å²) in [6.45, 7) is 1.10. The number of nitrogens with one attached hydrogen (secondary N) is 1. The molecule has 2 fully saturated rings. The van der Waals surface area contributed by atoms with Gasteiger partial charge < -0.3 is 4.90 Å². The van der Waals surface area contributed by atoms with Gasteiger partial charge in [-0.05, 0) is 12.8 Å². The predicted molar refractivity (Wildman–Crippen MR) is 64.4 cm³/mol. The van der Waals surface area contributed by atoms with Gasteiger partial charge in [0.25, 0.3) is 5.91 Å². The Hall–Kier alpha value is -1.96. The number of piperidine rings is 1. The van der Waals surface area contributed by atoms with Crippen LogP contribution in [0.1, 0.15) is 19.8 Å². The molecule has 22 heavy (non-hydrogen) atoms. The molecule has 0 aromatic carbocycles. The van der Waals surface area contributed by atoms with Crippen molar-refractivity contribution in [1.29, 1.82) is 0 Å². The van der Waals surface area contributed by atoms with Gasteiger partial charge in [-0.3, -0.25) is 14.2 Å². The van der Waals surface area contributed by atoms with Gasteiger partial charge in [-0.1, -0.05) is 4.99 Å². The zero-order valence-electron chi connectivity index (χ0n) is 11.3. The Kier molecular flexibility index (Phi) is 4.50. The van der Waals surface area contributed by atoms with Gasteiger partial charge in [0.1, 0.15) is 6.04 Å². The topological polar surface area (TPSA) is 152 Å². The molecule has 0 spiro atoms. The summed E-state index contributed by atoms with van der Waals surface area (Å²) in [6, 6.07) is -2.44. The largest absolute Gasteiger partial charge is 0.418 e. The molecule has 2 rings (SSSR count). The third-order valence-corrected chi connectivity index (χ3v) is 3.45. The maximum atomic E-state index is 12.0. The minimum atomic E-state index is -4.84. The Morgan fingerprint density at radius 1 is 1.36 bits per heavy atom. The molecular weight excluding hydrogens is 326 g/mol. The summed E-state index contributed by atoms with van der Waals surface area (Å²) in [4.78, 5) is 43.7. The lowest BCUT2D eigenvalue weighted by Crippen LogP contribution is -2.49. The number of carbonyl (C=O) groups excluding carboxylic acids is 3. The highest BCUT2D eigenvalue weighted by Crippen LogP contribution is 2.30. The minimum Gasteiger partial charge on any atom is -0.309 e. The minimum absolute atomic E-state index is 0.0417. The van der Waals surface area contributed by atoms with Crippen LogP contribution in [0.4, 0.5) is 4.79 Å². The Bertz CT molecular complexity index is 591. The standard InChI is InChI=1S/C9H13N3O9S/c1-5(13)19-20-10-8(14)7-3-2-6-4-11(7)9(15)12(6)21-22(16,17)18/h6-7H,2-4H2,1H3,(H,10,14)(H,16,17,18)/t6-,7+/m1/s1. The molecule has 0 unspecified atom stereocenters. The van der Waals surface area contributed by atoms with Crippen LogP contribution in [0, 0.1) is 0 Å². The van der Waals surface area contributed by atoms with Crippen molar-refractivity contribution in [3.8, 4) is 0 Å². The summed E-state index contributed by atoms with van der Waals surface area (Å²) in [5, 5.41) is 0.509. The monoisotopic (exact) mass is 339 g/mol. The lowest BCUT2D eigenvalue weighted by molar-refractivity contribution is -0.301. The van der Waals surface area contributed by atoms with Crippen molar-refractivity contribution >= 4 is 28.3 Å². The zero-order chi connectivity index (χ0) is 16.5. The maximum absolute atomic E-state index is 12.0. The number of amides is 3. The number of urea groups is 1. The predicted octanol–water partition coefficient (Wildman–Crippen LogP) is -1.48. The molecule has 2 aliphatic rings. The van der Waals surface area contributed by atoms with Gasteiger partial charge in [0.15, 0.2) is 0 Å². The van der Waals surface area contributed by atoms with Crippen LogP contribution in [0.25, 0.3) is 0 Å². The first kappa shape index (κ1) is 16.4. The second kappa shape index (κ2) is 6.04. The molecule has 0 radical (unpaired) electrons. The summed E-state index contributed by atoms with van der Waals surface area (Å²) >= 11 is 0. The molecule has 2 atom stereocenters. The molecule has 12 nitrogen and oxygen atoms in total. The molecule has 13 heteroatoms. The smallest absolute Gasteiger partial charge is 0.309 e. The van der Waals surface area contributed by atoms with E-state index in [0.29, 0.717) is 5.06 Å². The number of hydrogen-bond donors (Lipinski definition) is 2. The average Bonchev–Trinajstić information content (AvgIpc) is 2.62. The molecule has 0 aliphatic carbocycles. The summed E-state index contributed by atoms with van der Waals surface area (Å²) < 4.78 is 34.3. The van der Waals surface area contributed by atoms with Gasteiger partial charge >= 0.3 is 22.4 Å². The summed E-state index contributed by atoms with van der Waals surface area (Å²) in [7, 11) is -4.84. The van der Waals surface area contributed by atoms with Crippen molar-refractivity contribution in [3.05, 3.63) is 0 Å². The van der Waals surface area contributed by atoms with Gasteiger partial charge in [-0.2, -0.15) is 19.0 Å². The summed E-state index contributed by atoms with van der Waals surface area (Å²) in [5.41, 5.74) is 1.85. The van der Waals surface area contributed by atoms with E-state index in [1.165, 1.54) is 0 Å². The van der Waals surface area contributed by atoms with Crippen LogP contribution in [0.2, 0.25) is 0 Å². The van der Waals surface area contributed by atoms with Crippen molar-refractivity contribution < 1.29 is 41.5 Å². The number of fused-ring (bicyclic) bond motifs is 2. The summed E-state index contributed by atoms with van der Waals surface area (Å²) in [6.07, 6.45) is 0.473.